The molecule has 0 radical (unpaired) electrons. The van der Waals surface area contributed by atoms with Gasteiger partial charge in [-0.05, 0) is 148 Å². The zero-order valence-corrected chi connectivity index (χ0v) is 37.8. The van der Waals surface area contributed by atoms with Gasteiger partial charge in [0, 0.05) is 47.9 Å². The Bertz CT molecular complexity index is 1780. The van der Waals surface area contributed by atoms with Gasteiger partial charge in [0.2, 0.25) is 0 Å². The van der Waals surface area contributed by atoms with Gasteiger partial charge in [0.15, 0.2) is 5.78 Å². The van der Waals surface area contributed by atoms with Gasteiger partial charge in [0.1, 0.15) is 6.10 Å². The van der Waals surface area contributed by atoms with Gasteiger partial charge in [-0.25, -0.2) is 0 Å². The first-order valence-corrected chi connectivity index (χ1v) is 23.1. The molecule has 322 valence electrons. The molecule has 5 aliphatic carbocycles. The fourth-order valence-electron chi connectivity index (χ4n) is 14.6. The highest BCUT2D eigenvalue weighted by atomic mass is 35.5. The van der Waals surface area contributed by atoms with Crippen molar-refractivity contribution in [1.29, 1.82) is 0 Å². The lowest BCUT2D eigenvalue weighted by Gasteiger charge is -2.72. The van der Waals surface area contributed by atoms with Gasteiger partial charge in [0.05, 0.1) is 17.9 Å². The minimum Gasteiger partial charge on any atom is -0.481 e. The van der Waals surface area contributed by atoms with E-state index in [-0.39, 0.29) is 51.8 Å². The van der Waals surface area contributed by atoms with Crippen LogP contribution in [0.4, 0.5) is 0 Å². The van der Waals surface area contributed by atoms with Crippen molar-refractivity contribution in [3.05, 3.63) is 46.0 Å². The van der Waals surface area contributed by atoms with E-state index in [1.54, 1.807) is 13.8 Å². The van der Waals surface area contributed by atoms with E-state index in [0.29, 0.717) is 30.8 Å². The summed E-state index contributed by atoms with van der Waals surface area (Å²) in [7, 11) is 0. The molecule has 0 amide bonds. The van der Waals surface area contributed by atoms with Crippen LogP contribution in [0.5, 0.6) is 0 Å². The molecule has 5 fully saturated rings. The number of carbonyl (C=O) groups excluding carboxylic acids is 2. The summed E-state index contributed by atoms with van der Waals surface area (Å²) in [6.45, 7) is 22.9. The van der Waals surface area contributed by atoms with Gasteiger partial charge in [-0.2, -0.15) is 0 Å². The average molecular weight is 822 g/mol. The molecule has 1 saturated heterocycles. The van der Waals surface area contributed by atoms with Crippen LogP contribution in [0.1, 0.15) is 145 Å². The summed E-state index contributed by atoms with van der Waals surface area (Å²) in [4.78, 5) is 41.8. The van der Waals surface area contributed by atoms with Gasteiger partial charge in [0.25, 0.3) is 0 Å². The standard InChI is InChI=1S/C49H73ClN2O6/c1-30(2)41-35(53)25-49(38(54)29-52(28-33-11-10-24-51-33)27-31-12-14-32(50)15-13-31)23-22-47(8)34(42(41)49)16-17-37-46(7)20-19-39(58-40(55)26-44(3,4)43(56)57)45(5,6)36(46)18-21-48(37,47)9/h12-15,30,33-34,36-39,51,54H,10-11,16-29H2,1-9H3,(H,56,57)/t33-,34-,36+,37-,38+,39+,46+,47-,48-,49+/m1/s1. The van der Waals surface area contributed by atoms with E-state index in [0.717, 1.165) is 88.0 Å². The number of fused-ring (bicyclic) bond motifs is 7. The Hall–Kier alpha value is -2.26. The molecule has 6 aliphatic rings. The minimum atomic E-state index is -1.17. The third-order valence-corrected chi connectivity index (χ3v) is 18.1. The van der Waals surface area contributed by atoms with Crippen LogP contribution in [0.15, 0.2) is 35.4 Å². The van der Waals surface area contributed by atoms with Crippen molar-refractivity contribution in [3.8, 4) is 0 Å². The van der Waals surface area contributed by atoms with E-state index >= 15 is 0 Å². The Kier molecular flexibility index (Phi) is 11.8. The maximum Gasteiger partial charge on any atom is 0.309 e. The number of esters is 1. The summed E-state index contributed by atoms with van der Waals surface area (Å²) in [5.41, 5.74) is 1.59. The minimum absolute atomic E-state index is 0.0279. The van der Waals surface area contributed by atoms with Crippen molar-refractivity contribution >= 4 is 29.3 Å². The summed E-state index contributed by atoms with van der Waals surface area (Å²) in [5, 5.41) is 26.9. The predicted octanol–water partition coefficient (Wildman–Crippen LogP) is 9.65. The van der Waals surface area contributed by atoms with E-state index in [9.17, 15) is 24.6 Å². The van der Waals surface area contributed by atoms with Gasteiger partial charge in [-0.1, -0.05) is 77.8 Å². The van der Waals surface area contributed by atoms with Crippen molar-refractivity contribution in [2.75, 3.05) is 19.6 Å². The number of rotatable bonds is 12. The molecule has 1 aromatic rings. The fourth-order valence-corrected chi connectivity index (χ4v) is 14.7. The van der Waals surface area contributed by atoms with Crippen molar-refractivity contribution in [2.24, 2.45) is 56.2 Å². The quantitative estimate of drug-likeness (QED) is 0.179. The Morgan fingerprint density at radius 3 is 2.29 bits per heavy atom. The van der Waals surface area contributed by atoms with E-state index in [1.165, 1.54) is 17.6 Å². The number of hydrogen-bond acceptors (Lipinski definition) is 7. The number of nitrogens with zero attached hydrogens (tertiary/aromatic N) is 1. The van der Waals surface area contributed by atoms with Crippen LogP contribution in [0.2, 0.25) is 5.02 Å². The zero-order valence-electron chi connectivity index (χ0n) is 37.0. The summed E-state index contributed by atoms with van der Waals surface area (Å²) in [6.07, 6.45) is 9.49. The van der Waals surface area contributed by atoms with Gasteiger partial charge in [-0.15, -0.1) is 0 Å². The average Bonchev–Trinajstić information content (AvgIpc) is 3.76. The molecule has 1 aromatic carbocycles. The molecular weight excluding hydrogens is 748 g/mol. The smallest absolute Gasteiger partial charge is 0.309 e. The summed E-state index contributed by atoms with van der Waals surface area (Å²) < 4.78 is 6.20. The summed E-state index contributed by atoms with van der Waals surface area (Å²) in [6, 6.07) is 8.47. The third kappa shape index (κ3) is 7.23. The number of aliphatic hydroxyl groups is 1. The lowest BCUT2D eigenvalue weighted by atomic mass is 9.33. The molecule has 0 spiro atoms. The first-order chi connectivity index (χ1) is 27.1. The largest absolute Gasteiger partial charge is 0.481 e. The van der Waals surface area contributed by atoms with Crippen molar-refractivity contribution in [3.63, 3.8) is 0 Å². The molecule has 1 heterocycles. The van der Waals surface area contributed by atoms with Gasteiger partial charge < -0.3 is 20.3 Å². The first-order valence-electron chi connectivity index (χ1n) is 22.7. The van der Waals surface area contributed by atoms with Crippen LogP contribution in [0.25, 0.3) is 0 Å². The second-order valence-corrected chi connectivity index (χ2v) is 22.6. The molecule has 0 aromatic heterocycles. The number of carboxylic acids is 1. The van der Waals surface area contributed by atoms with Crippen molar-refractivity contribution in [2.45, 2.75) is 164 Å². The molecule has 0 unspecified atom stereocenters. The van der Waals surface area contributed by atoms with Crippen LogP contribution in [0, 0.1) is 56.2 Å². The lowest BCUT2D eigenvalue weighted by molar-refractivity contribution is -0.235. The van der Waals surface area contributed by atoms with Gasteiger partial charge in [-0.3, -0.25) is 19.3 Å². The first kappa shape index (κ1) is 43.8. The second-order valence-electron chi connectivity index (χ2n) is 22.2. The lowest BCUT2D eigenvalue weighted by Crippen LogP contribution is -2.66. The molecule has 10 atom stereocenters. The second kappa shape index (κ2) is 15.6. The van der Waals surface area contributed by atoms with Crippen molar-refractivity contribution in [1.82, 2.24) is 10.2 Å². The number of hydrogen-bond donors (Lipinski definition) is 3. The molecule has 58 heavy (non-hydrogen) atoms. The number of ketones is 1. The Morgan fingerprint density at radius 2 is 1.66 bits per heavy atom. The molecule has 9 heteroatoms. The highest BCUT2D eigenvalue weighted by Gasteiger charge is 2.71. The fraction of sp³-hybridized carbons (Fsp3) is 0.776. The van der Waals surface area contributed by atoms with E-state index < -0.39 is 28.9 Å². The number of nitrogens with one attached hydrogen (secondary N) is 1. The predicted molar refractivity (Wildman–Crippen MR) is 229 cm³/mol. The molecule has 4 saturated carbocycles. The van der Waals surface area contributed by atoms with E-state index in [1.807, 2.05) is 12.1 Å². The monoisotopic (exact) mass is 821 g/mol. The molecule has 0 bridgehead atoms. The highest BCUT2D eigenvalue weighted by molar-refractivity contribution is 6.30. The highest BCUT2D eigenvalue weighted by Crippen LogP contribution is 2.77. The van der Waals surface area contributed by atoms with Gasteiger partial charge >= 0.3 is 11.9 Å². The van der Waals surface area contributed by atoms with Crippen LogP contribution in [-0.4, -0.2) is 70.7 Å². The number of aliphatic carboxylic acids is 1. The Morgan fingerprint density at radius 1 is 0.948 bits per heavy atom. The zero-order chi connectivity index (χ0) is 42.2. The molecule has 8 nitrogen and oxygen atoms in total. The van der Waals surface area contributed by atoms with Crippen LogP contribution in [0.3, 0.4) is 0 Å². The normalized spacial score (nSPS) is 37.6. The van der Waals surface area contributed by atoms with Crippen LogP contribution >= 0.6 is 11.6 Å². The number of benzene rings is 1. The molecular formula is C49H73ClN2O6. The maximum absolute atomic E-state index is 14.4. The Labute approximate surface area is 353 Å². The van der Waals surface area contributed by atoms with Crippen molar-refractivity contribution < 1.29 is 29.3 Å². The van der Waals surface area contributed by atoms with E-state index in [2.05, 4.69) is 70.8 Å². The topological polar surface area (TPSA) is 116 Å². The summed E-state index contributed by atoms with van der Waals surface area (Å²) in [5.74, 6) is 0.0279. The maximum atomic E-state index is 14.4. The van der Waals surface area contributed by atoms with E-state index in [4.69, 9.17) is 16.3 Å². The molecule has 7 rings (SSSR count). The molecule has 1 aliphatic heterocycles. The number of aliphatic hydroxyl groups excluding tert-OH is 1. The number of carbonyl (C=O) groups is 3. The molecule has 3 N–H and O–H groups in total. The number of ether oxygens (including phenoxy) is 1. The third-order valence-electron chi connectivity index (χ3n) is 17.9. The van der Waals surface area contributed by atoms with Crippen LogP contribution in [-0.2, 0) is 25.7 Å². The number of carboxylic acid groups (broad SMARTS) is 1. The number of allylic oxidation sites excluding steroid dienone is 1. The Balaban J connectivity index is 1.16. The number of halogens is 1. The number of Topliss-reactive ketones (excluding diaryl/α,β-unsaturated/α-hetero) is 1. The SMILES string of the molecule is CC(C)C1=C2[C@H]3CC[C@@H]4[C@@]5(C)CC[C@H](OC(=O)CC(C)(C)C(=O)O)C(C)(C)[C@@H]5CC[C@@]4(C)[C@]3(C)CC[C@@]2([C@@H](O)CN(Cc2ccc(Cl)cc2)C[C@H]2CCCN2)CC1=O. The van der Waals surface area contributed by atoms with Crippen LogP contribution < -0.4 is 5.32 Å². The summed E-state index contributed by atoms with van der Waals surface area (Å²) >= 11 is 6.27.